The summed E-state index contributed by atoms with van der Waals surface area (Å²) in [5, 5.41) is 4.41. The first-order valence-corrected chi connectivity index (χ1v) is 8.85. The van der Waals surface area contributed by atoms with Crippen molar-refractivity contribution in [2.24, 2.45) is 0 Å². The Morgan fingerprint density at radius 2 is 1.89 bits per heavy atom. The van der Waals surface area contributed by atoms with Gasteiger partial charge >= 0.3 is 5.63 Å². The Kier molecular flexibility index (Phi) is 4.39. The Balaban J connectivity index is 1.65. The average Bonchev–Trinajstić information content (AvgIpc) is 3.11. The molecule has 4 aromatic rings. The van der Waals surface area contributed by atoms with Gasteiger partial charge in [-0.15, -0.1) is 0 Å². The monoisotopic (exact) mass is 377 g/mol. The first-order valence-electron chi connectivity index (χ1n) is 8.85. The van der Waals surface area contributed by atoms with Crippen LogP contribution < -0.4 is 15.7 Å². The summed E-state index contributed by atoms with van der Waals surface area (Å²) in [6, 6.07) is 12.4. The normalized spacial score (nSPS) is 11.1. The molecule has 0 atom stereocenters. The van der Waals surface area contributed by atoms with Gasteiger partial charge in [0.15, 0.2) is 17.1 Å². The Morgan fingerprint density at radius 1 is 1.07 bits per heavy atom. The topological polar surface area (TPSA) is 81.7 Å². The maximum Gasteiger partial charge on any atom is 0.336 e. The fourth-order valence-electron chi connectivity index (χ4n) is 3.40. The molecular weight excluding hydrogens is 358 g/mol. The van der Waals surface area contributed by atoms with Gasteiger partial charge < -0.3 is 18.9 Å². The van der Waals surface area contributed by atoms with Crippen molar-refractivity contribution in [3.05, 3.63) is 75.3 Å². The van der Waals surface area contributed by atoms with Crippen LogP contribution in [0, 0.1) is 13.8 Å². The maximum atomic E-state index is 12.6. The summed E-state index contributed by atoms with van der Waals surface area (Å²) >= 11 is 0. The molecule has 142 valence electrons. The second-order valence-electron chi connectivity index (χ2n) is 6.72. The second-order valence-corrected chi connectivity index (χ2v) is 6.72. The highest BCUT2D eigenvalue weighted by atomic mass is 16.5. The van der Waals surface area contributed by atoms with Crippen molar-refractivity contribution >= 4 is 27.8 Å². The van der Waals surface area contributed by atoms with Gasteiger partial charge in [0, 0.05) is 23.4 Å². The van der Waals surface area contributed by atoms with Gasteiger partial charge in [0.05, 0.1) is 7.11 Å². The summed E-state index contributed by atoms with van der Waals surface area (Å²) in [6.45, 7) is 4.04. The molecule has 2 heterocycles. The first-order chi connectivity index (χ1) is 13.5. The van der Waals surface area contributed by atoms with Gasteiger partial charge in [0.1, 0.15) is 5.58 Å². The van der Waals surface area contributed by atoms with E-state index in [1.807, 2.05) is 38.1 Å². The number of fused-ring (bicyclic) bond motifs is 2. The Morgan fingerprint density at radius 3 is 2.68 bits per heavy atom. The van der Waals surface area contributed by atoms with Crippen LogP contribution >= 0.6 is 0 Å². The van der Waals surface area contributed by atoms with Crippen molar-refractivity contribution in [2.75, 3.05) is 7.11 Å². The molecule has 0 bridgehead atoms. The third kappa shape index (κ3) is 3.13. The average molecular weight is 377 g/mol. The number of hydrogen-bond acceptors (Lipinski definition) is 5. The summed E-state index contributed by atoms with van der Waals surface area (Å²) in [7, 11) is 1.55. The summed E-state index contributed by atoms with van der Waals surface area (Å²) < 4.78 is 16.3. The summed E-state index contributed by atoms with van der Waals surface area (Å²) in [6.07, 6.45) is 0. The number of carbonyl (C=O) groups excluding carboxylic acids is 1. The maximum absolute atomic E-state index is 12.6. The summed E-state index contributed by atoms with van der Waals surface area (Å²) in [4.78, 5) is 24.5. The third-order valence-corrected chi connectivity index (χ3v) is 4.65. The van der Waals surface area contributed by atoms with Crippen LogP contribution in [-0.2, 0) is 6.54 Å². The van der Waals surface area contributed by atoms with Crippen LogP contribution in [0.25, 0.3) is 21.9 Å². The molecule has 2 aromatic heterocycles. The molecule has 6 heteroatoms. The van der Waals surface area contributed by atoms with Crippen LogP contribution in [0.5, 0.6) is 5.75 Å². The van der Waals surface area contributed by atoms with E-state index in [-0.39, 0.29) is 18.2 Å². The minimum Gasteiger partial charge on any atom is -0.493 e. The number of aryl methyl sites for hydroxylation is 2. The van der Waals surface area contributed by atoms with E-state index in [1.54, 1.807) is 19.2 Å². The van der Waals surface area contributed by atoms with Crippen molar-refractivity contribution in [1.82, 2.24) is 5.32 Å². The molecule has 0 aliphatic rings. The van der Waals surface area contributed by atoms with Crippen molar-refractivity contribution in [3.8, 4) is 5.75 Å². The van der Waals surface area contributed by atoms with E-state index in [9.17, 15) is 9.59 Å². The van der Waals surface area contributed by atoms with Gasteiger partial charge in [-0.3, -0.25) is 4.79 Å². The van der Waals surface area contributed by atoms with Crippen LogP contribution in [-0.4, -0.2) is 13.0 Å². The van der Waals surface area contributed by atoms with Crippen molar-refractivity contribution in [3.63, 3.8) is 0 Å². The number of furan rings is 1. The molecule has 1 amide bonds. The van der Waals surface area contributed by atoms with Gasteiger partial charge in [-0.05, 0) is 48.7 Å². The van der Waals surface area contributed by atoms with Gasteiger partial charge in [-0.1, -0.05) is 18.2 Å². The lowest BCUT2D eigenvalue weighted by atomic mass is 10.0. The SMILES string of the molecule is COc1cccc2cc(C(=O)NCc3cc(=O)oc4c(C)cc(C)cc34)oc12. The molecule has 2 aromatic carbocycles. The largest absolute Gasteiger partial charge is 0.493 e. The number of methoxy groups -OCH3 is 1. The fraction of sp³-hybridized carbons (Fsp3) is 0.182. The van der Waals surface area contributed by atoms with Gasteiger partial charge in [0.25, 0.3) is 5.91 Å². The second kappa shape index (κ2) is 6.88. The highest BCUT2D eigenvalue weighted by Crippen LogP contribution is 2.28. The zero-order valence-corrected chi connectivity index (χ0v) is 15.8. The number of carbonyl (C=O) groups is 1. The molecule has 0 fully saturated rings. The number of nitrogens with one attached hydrogen (secondary N) is 1. The standard InChI is InChI=1S/C22H19NO5/c1-12-7-13(2)20-16(8-12)15(10-19(24)28-20)11-23-22(25)18-9-14-5-4-6-17(26-3)21(14)27-18/h4-10H,11H2,1-3H3,(H,23,25). The van der Waals surface area contributed by atoms with Crippen LogP contribution in [0.3, 0.4) is 0 Å². The lowest BCUT2D eigenvalue weighted by Crippen LogP contribution is -2.23. The van der Waals surface area contributed by atoms with Crippen molar-refractivity contribution < 1.29 is 18.4 Å². The molecule has 6 nitrogen and oxygen atoms in total. The van der Waals surface area contributed by atoms with Gasteiger partial charge in [0.2, 0.25) is 0 Å². The molecule has 0 aliphatic heterocycles. The van der Waals surface area contributed by atoms with E-state index in [4.69, 9.17) is 13.6 Å². The number of para-hydroxylation sites is 1. The third-order valence-electron chi connectivity index (χ3n) is 4.65. The van der Waals surface area contributed by atoms with Crippen molar-refractivity contribution in [1.29, 1.82) is 0 Å². The van der Waals surface area contributed by atoms with Crippen LogP contribution in [0.1, 0.15) is 27.2 Å². The van der Waals surface area contributed by atoms with Crippen molar-refractivity contribution in [2.45, 2.75) is 20.4 Å². The predicted molar refractivity (Wildman–Crippen MR) is 106 cm³/mol. The Bertz CT molecular complexity index is 1270. The molecule has 0 saturated heterocycles. The number of amides is 1. The van der Waals surface area contributed by atoms with E-state index >= 15 is 0 Å². The molecule has 0 unspecified atom stereocenters. The summed E-state index contributed by atoms with van der Waals surface area (Å²) in [5.41, 5.74) is 3.24. The molecule has 0 radical (unpaired) electrons. The van der Waals surface area contributed by atoms with E-state index in [2.05, 4.69) is 5.32 Å². The van der Waals surface area contributed by atoms with Crippen LogP contribution in [0.4, 0.5) is 0 Å². The number of ether oxygens (including phenoxy) is 1. The zero-order valence-electron chi connectivity index (χ0n) is 15.8. The van der Waals surface area contributed by atoms with E-state index in [1.165, 1.54) is 6.07 Å². The van der Waals surface area contributed by atoms with Gasteiger partial charge in [-0.2, -0.15) is 0 Å². The molecular formula is C22H19NO5. The predicted octanol–water partition coefficient (Wildman–Crippen LogP) is 4.09. The highest BCUT2D eigenvalue weighted by molar-refractivity contribution is 5.97. The van der Waals surface area contributed by atoms with Crippen LogP contribution in [0.2, 0.25) is 0 Å². The Hall–Kier alpha value is -3.54. The zero-order chi connectivity index (χ0) is 19.8. The Labute approximate surface area is 160 Å². The smallest absolute Gasteiger partial charge is 0.336 e. The number of hydrogen-bond donors (Lipinski definition) is 1. The van der Waals surface area contributed by atoms with Gasteiger partial charge in [-0.25, -0.2) is 4.79 Å². The van der Waals surface area contributed by atoms with E-state index in [0.29, 0.717) is 22.5 Å². The van der Waals surface area contributed by atoms with E-state index in [0.717, 1.165) is 21.9 Å². The number of rotatable bonds is 4. The molecule has 4 rings (SSSR count). The van der Waals surface area contributed by atoms with E-state index < -0.39 is 5.63 Å². The minimum atomic E-state index is -0.447. The lowest BCUT2D eigenvalue weighted by Gasteiger charge is -2.09. The van der Waals surface area contributed by atoms with Crippen LogP contribution in [0.15, 0.2) is 56.1 Å². The molecule has 0 aliphatic carbocycles. The number of benzene rings is 2. The molecule has 28 heavy (non-hydrogen) atoms. The quantitative estimate of drug-likeness (QED) is 0.542. The summed E-state index contributed by atoms with van der Waals surface area (Å²) in [5.74, 6) is 0.373. The highest BCUT2D eigenvalue weighted by Gasteiger charge is 2.16. The first kappa shape index (κ1) is 17.9. The molecule has 0 spiro atoms. The molecule has 0 saturated carbocycles. The minimum absolute atomic E-state index is 0.179. The lowest BCUT2D eigenvalue weighted by molar-refractivity contribution is 0.0925. The fourth-order valence-corrected chi connectivity index (χ4v) is 3.40. The molecule has 1 N–H and O–H groups in total.